The van der Waals surface area contributed by atoms with Crippen molar-refractivity contribution >= 4 is 5.82 Å². The van der Waals surface area contributed by atoms with Crippen LogP contribution in [0.25, 0.3) is 0 Å². The van der Waals surface area contributed by atoms with Crippen LogP contribution in [-0.4, -0.2) is 15.5 Å². The molecule has 0 amide bonds. The predicted octanol–water partition coefficient (Wildman–Crippen LogP) is 2.71. The maximum atomic E-state index is 4.44. The Morgan fingerprint density at radius 1 is 1.12 bits per heavy atom. The Kier molecular flexibility index (Phi) is 2.34. The molecular formula is C13H19N3. The smallest absolute Gasteiger partial charge is 0.133 e. The second kappa shape index (κ2) is 3.72. The van der Waals surface area contributed by atoms with E-state index in [4.69, 9.17) is 0 Å². The third-order valence-corrected chi connectivity index (χ3v) is 3.80. The van der Waals surface area contributed by atoms with Crippen molar-refractivity contribution in [2.24, 2.45) is 0 Å². The minimum atomic E-state index is 0.314. The van der Waals surface area contributed by atoms with E-state index < -0.39 is 0 Å². The summed E-state index contributed by atoms with van der Waals surface area (Å²) in [4.78, 5) is 8.88. The van der Waals surface area contributed by atoms with E-state index in [9.17, 15) is 0 Å². The Morgan fingerprint density at radius 2 is 1.94 bits per heavy atom. The average molecular weight is 217 g/mol. The largest absolute Gasteiger partial charge is 0.365 e. The summed E-state index contributed by atoms with van der Waals surface area (Å²) < 4.78 is 0. The third kappa shape index (κ3) is 1.91. The van der Waals surface area contributed by atoms with E-state index in [0.717, 1.165) is 18.7 Å². The van der Waals surface area contributed by atoms with Crippen LogP contribution in [0.3, 0.4) is 0 Å². The Bertz CT molecular complexity index is 396. The van der Waals surface area contributed by atoms with Gasteiger partial charge in [-0.25, -0.2) is 9.97 Å². The highest BCUT2D eigenvalue weighted by atomic mass is 15.1. The fourth-order valence-electron chi connectivity index (χ4n) is 2.40. The zero-order valence-corrected chi connectivity index (χ0v) is 9.92. The van der Waals surface area contributed by atoms with Gasteiger partial charge in [-0.1, -0.05) is 6.42 Å². The Morgan fingerprint density at radius 3 is 2.75 bits per heavy atom. The Hall–Kier alpha value is -1.12. The van der Waals surface area contributed by atoms with Gasteiger partial charge in [0.05, 0.1) is 0 Å². The van der Waals surface area contributed by atoms with E-state index >= 15 is 0 Å². The molecule has 2 aliphatic carbocycles. The SMILES string of the molecule is CC1(Nc2ncnc3c2CCCCC3)CC1. The van der Waals surface area contributed by atoms with Gasteiger partial charge in [0.15, 0.2) is 0 Å². The quantitative estimate of drug-likeness (QED) is 0.774. The van der Waals surface area contributed by atoms with Crippen molar-refractivity contribution in [3.8, 4) is 0 Å². The molecule has 1 fully saturated rings. The molecule has 1 aromatic rings. The van der Waals surface area contributed by atoms with Gasteiger partial charge in [0.1, 0.15) is 12.1 Å². The number of aryl methyl sites for hydroxylation is 1. The highest BCUT2D eigenvalue weighted by Crippen LogP contribution is 2.39. The predicted molar refractivity (Wildman–Crippen MR) is 64.6 cm³/mol. The molecule has 0 saturated heterocycles. The monoisotopic (exact) mass is 217 g/mol. The number of hydrogen-bond donors (Lipinski definition) is 1. The molecule has 0 radical (unpaired) electrons. The van der Waals surface area contributed by atoms with E-state index in [1.54, 1.807) is 6.33 Å². The van der Waals surface area contributed by atoms with Gasteiger partial charge in [-0.3, -0.25) is 0 Å². The fraction of sp³-hybridized carbons (Fsp3) is 0.692. The number of fused-ring (bicyclic) bond motifs is 1. The summed E-state index contributed by atoms with van der Waals surface area (Å²) in [7, 11) is 0. The van der Waals surface area contributed by atoms with Gasteiger partial charge in [0.25, 0.3) is 0 Å². The zero-order chi connectivity index (χ0) is 11.0. The van der Waals surface area contributed by atoms with Gasteiger partial charge in [0.2, 0.25) is 0 Å². The molecule has 1 N–H and O–H groups in total. The lowest BCUT2D eigenvalue weighted by Crippen LogP contribution is -2.19. The van der Waals surface area contributed by atoms with Crippen LogP contribution in [0.2, 0.25) is 0 Å². The van der Waals surface area contributed by atoms with Gasteiger partial charge >= 0.3 is 0 Å². The number of hydrogen-bond acceptors (Lipinski definition) is 3. The lowest BCUT2D eigenvalue weighted by Gasteiger charge is -2.16. The third-order valence-electron chi connectivity index (χ3n) is 3.80. The first kappa shape index (κ1) is 10.1. The van der Waals surface area contributed by atoms with Crippen LogP contribution in [0.5, 0.6) is 0 Å². The van der Waals surface area contributed by atoms with Crippen LogP contribution in [-0.2, 0) is 12.8 Å². The molecule has 3 nitrogen and oxygen atoms in total. The van der Waals surface area contributed by atoms with Crippen molar-refractivity contribution < 1.29 is 0 Å². The number of rotatable bonds is 2. The molecule has 0 aromatic carbocycles. The first-order valence-electron chi connectivity index (χ1n) is 6.38. The van der Waals surface area contributed by atoms with Crippen molar-refractivity contribution in [2.45, 2.75) is 57.4 Å². The summed E-state index contributed by atoms with van der Waals surface area (Å²) in [5.41, 5.74) is 2.97. The van der Waals surface area contributed by atoms with E-state index in [2.05, 4.69) is 22.2 Å². The number of anilines is 1. The van der Waals surface area contributed by atoms with Crippen LogP contribution in [0.4, 0.5) is 5.82 Å². The topological polar surface area (TPSA) is 37.8 Å². The lowest BCUT2D eigenvalue weighted by atomic mass is 10.1. The Labute approximate surface area is 96.7 Å². The summed E-state index contributed by atoms with van der Waals surface area (Å²) in [6.07, 6.45) is 10.4. The van der Waals surface area contributed by atoms with Gasteiger partial charge in [-0.15, -0.1) is 0 Å². The summed E-state index contributed by atoms with van der Waals surface area (Å²) in [5, 5.41) is 3.60. The summed E-state index contributed by atoms with van der Waals surface area (Å²) >= 11 is 0. The van der Waals surface area contributed by atoms with E-state index in [1.165, 1.54) is 43.4 Å². The second-order valence-electron chi connectivity index (χ2n) is 5.39. The van der Waals surface area contributed by atoms with Crippen LogP contribution >= 0.6 is 0 Å². The minimum Gasteiger partial charge on any atom is -0.365 e. The standard InChI is InChI=1S/C13H19N3/c1-13(7-8-13)16-12-10-5-3-2-4-6-11(10)14-9-15-12/h9H,2-8H2,1H3,(H,14,15,16). The molecule has 2 aliphatic rings. The highest BCUT2D eigenvalue weighted by Gasteiger charge is 2.38. The van der Waals surface area contributed by atoms with Crippen molar-refractivity contribution in [2.75, 3.05) is 5.32 Å². The molecule has 0 atom stereocenters. The van der Waals surface area contributed by atoms with Gasteiger partial charge in [-0.05, 0) is 45.4 Å². The molecule has 86 valence electrons. The van der Waals surface area contributed by atoms with Crippen LogP contribution < -0.4 is 5.32 Å². The van der Waals surface area contributed by atoms with Gasteiger partial charge in [0, 0.05) is 16.8 Å². The average Bonchev–Trinajstić information content (AvgIpc) is 3.02. The molecule has 16 heavy (non-hydrogen) atoms. The van der Waals surface area contributed by atoms with E-state index in [-0.39, 0.29) is 0 Å². The van der Waals surface area contributed by atoms with Crippen LogP contribution in [0.15, 0.2) is 6.33 Å². The highest BCUT2D eigenvalue weighted by molar-refractivity contribution is 5.49. The summed E-state index contributed by atoms with van der Waals surface area (Å²) in [6, 6.07) is 0. The molecular weight excluding hydrogens is 198 g/mol. The molecule has 1 saturated carbocycles. The zero-order valence-electron chi connectivity index (χ0n) is 9.92. The maximum Gasteiger partial charge on any atom is 0.133 e. The molecule has 1 aromatic heterocycles. The van der Waals surface area contributed by atoms with Crippen LogP contribution in [0.1, 0.15) is 50.3 Å². The molecule has 0 aliphatic heterocycles. The number of aromatic nitrogens is 2. The normalized spacial score (nSPS) is 22.1. The second-order valence-corrected chi connectivity index (χ2v) is 5.39. The molecule has 3 rings (SSSR count). The van der Waals surface area contributed by atoms with Crippen molar-refractivity contribution in [1.82, 2.24) is 9.97 Å². The molecule has 3 heteroatoms. The van der Waals surface area contributed by atoms with Gasteiger partial charge in [-0.2, -0.15) is 0 Å². The molecule has 0 bridgehead atoms. The van der Waals surface area contributed by atoms with Crippen molar-refractivity contribution in [3.63, 3.8) is 0 Å². The van der Waals surface area contributed by atoms with Gasteiger partial charge < -0.3 is 5.32 Å². The Balaban J connectivity index is 1.91. The maximum absolute atomic E-state index is 4.44. The van der Waals surface area contributed by atoms with Crippen LogP contribution in [0, 0.1) is 0 Å². The first-order valence-corrected chi connectivity index (χ1v) is 6.38. The molecule has 0 unspecified atom stereocenters. The fourth-order valence-corrected chi connectivity index (χ4v) is 2.40. The molecule has 1 heterocycles. The van der Waals surface area contributed by atoms with E-state index in [1.807, 2.05) is 0 Å². The van der Waals surface area contributed by atoms with Crippen molar-refractivity contribution in [3.05, 3.63) is 17.6 Å². The molecule has 0 spiro atoms. The number of nitrogens with one attached hydrogen (secondary N) is 1. The number of nitrogens with zero attached hydrogens (tertiary/aromatic N) is 2. The van der Waals surface area contributed by atoms with Crippen molar-refractivity contribution in [1.29, 1.82) is 0 Å². The minimum absolute atomic E-state index is 0.314. The summed E-state index contributed by atoms with van der Waals surface area (Å²) in [6.45, 7) is 2.28. The lowest BCUT2D eigenvalue weighted by molar-refractivity contribution is 0.708. The summed E-state index contributed by atoms with van der Waals surface area (Å²) in [5.74, 6) is 1.10. The van der Waals surface area contributed by atoms with E-state index in [0.29, 0.717) is 5.54 Å². The first-order chi connectivity index (χ1) is 7.77.